The topological polar surface area (TPSA) is 29.5 Å². The Kier molecular flexibility index (Phi) is 13.0. The molecule has 0 fully saturated rings. The molecule has 0 aliphatic carbocycles. The second kappa shape index (κ2) is 13.5. The summed E-state index contributed by atoms with van der Waals surface area (Å²) in [6.45, 7) is 3.94. The average molecular weight is 246 g/mol. The smallest absolute Gasteiger partial charge is 0.123 e. The van der Waals surface area contributed by atoms with E-state index in [4.69, 9.17) is 9.84 Å². The van der Waals surface area contributed by atoms with E-state index >= 15 is 0 Å². The predicted octanol–water partition coefficient (Wildman–Crippen LogP) is 3.99. The molecule has 1 N–H and O–H groups in total. The molecule has 0 amide bonds. The number of halogens is 1. The van der Waals surface area contributed by atoms with Gasteiger partial charge in [-0.15, -0.1) is 0 Å². The summed E-state index contributed by atoms with van der Waals surface area (Å²) >= 11 is 0. The van der Waals surface area contributed by atoms with Crippen LogP contribution in [-0.4, -0.2) is 24.5 Å². The van der Waals surface area contributed by atoms with E-state index < -0.39 is 6.17 Å². The largest absolute Gasteiger partial charge is 0.502 e. The third-order valence-electron chi connectivity index (χ3n) is 2.85. The summed E-state index contributed by atoms with van der Waals surface area (Å²) in [5, 5.41) is 8.50. The van der Waals surface area contributed by atoms with Crippen molar-refractivity contribution in [1.29, 1.82) is 0 Å². The summed E-state index contributed by atoms with van der Waals surface area (Å²) in [6.07, 6.45) is 10.2. The molecule has 1 unspecified atom stereocenters. The summed E-state index contributed by atoms with van der Waals surface area (Å²) in [5.74, 6) is 0. The van der Waals surface area contributed by atoms with Gasteiger partial charge >= 0.3 is 0 Å². The molecule has 3 heteroatoms. The number of ether oxygens (including phenoxy) is 1. The second-order valence-corrected chi connectivity index (χ2v) is 4.43. The van der Waals surface area contributed by atoms with Gasteiger partial charge in [0.1, 0.15) is 6.17 Å². The number of rotatable bonds is 13. The van der Waals surface area contributed by atoms with Crippen LogP contribution in [0.2, 0.25) is 0 Å². The molecule has 17 heavy (non-hydrogen) atoms. The minimum Gasteiger partial charge on any atom is -0.502 e. The Morgan fingerprint density at radius 3 is 2.06 bits per heavy atom. The Hall–Kier alpha value is -0.570. The first-order valence-electron chi connectivity index (χ1n) is 6.78. The van der Waals surface area contributed by atoms with Crippen LogP contribution in [0.3, 0.4) is 0 Å². The van der Waals surface area contributed by atoms with Gasteiger partial charge < -0.3 is 9.84 Å². The molecular formula is C14H27FO2. The second-order valence-electron chi connectivity index (χ2n) is 4.43. The molecular weight excluding hydrogens is 219 g/mol. The molecule has 102 valence electrons. The molecule has 0 saturated carbocycles. The van der Waals surface area contributed by atoms with E-state index in [-0.39, 0.29) is 6.61 Å². The Labute approximate surface area is 105 Å². The quantitative estimate of drug-likeness (QED) is 0.393. The summed E-state index contributed by atoms with van der Waals surface area (Å²) in [7, 11) is 0. The van der Waals surface area contributed by atoms with Crippen molar-refractivity contribution in [2.75, 3.05) is 13.2 Å². The van der Waals surface area contributed by atoms with Crippen LogP contribution in [0, 0.1) is 0 Å². The van der Waals surface area contributed by atoms with Crippen LogP contribution < -0.4 is 0 Å². The van der Waals surface area contributed by atoms with E-state index in [2.05, 4.69) is 6.58 Å². The van der Waals surface area contributed by atoms with Crippen molar-refractivity contribution in [2.45, 2.75) is 64.0 Å². The number of aliphatic hydroxyl groups excluding tert-OH is 1. The van der Waals surface area contributed by atoms with Crippen molar-refractivity contribution in [3.8, 4) is 0 Å². The van der Waals surface area contributed by atoms with Crippen LogP contribution in [0.4, 0.5) is 4.39 Å². The molecule has 0 aliphatic rings. The predicted molar refractivity (Wildman–Crippen MR) is 69.7 cm³/mol. The van der Waals surface area contributed by atoms with Crippen molar-refractivity contribution in [2.24, 2.45) is 0 Å². The van der Waals surface area contributed by atoms with Crippen LogP contribution >= 0.6 is 0 Å². The Morgan fingerprint density at radius 1 is 1.00 bits per heavy atom. The van der Waals surface area contributed by atoms with Crippen molar-refractivity contribution in [3.05, 3.63) is 12.8 Å². The normalized spacial score (nSPS) is 12.4. The van der Waals surface area contributed by atoms with Crippen LogP contribution in [0.5, 0.6) is 0 Å². The Morgan fingerprint density at radius 2 is 1.53 bits per heavy atom. The zero-order valence-corrected chi connectivity index (χ0v) is 10.9. The van der Waals surface area contributed by atoms with Crippen molar-refractivity contribution >= 4 is 0 Å². The molecule has 0 heterocycles. The fourth-order valence-corrected chi connectivity index (χ4v) is 1.79. The highest BCUT2D eigenvalue weighted by Gasteiger charge is 2.02. The summed E-state index contributed by atoms with van der Waals surface area (Å²) in [6, 6.07) is 0. The maximum atomic E-state index is 12.6. The number of hydrogen-bond donors (Lipinski definition) is 1. The van der Waals surface area contributed by atoms with Gasteiger partial charge in [-0.25, -0.2) is 4.39 Å². The van der Waals surface area contributed by atoms with Crippen LogP contribution in [-0.2, 0) is 4.74 Å². The van der Waals surface area contributed by atoms with Gasteiger partial charge in [-0.2, -0.15) is 0 Å². The SMILES string of the molecule is C=COCCCCCCCCCCC(F)CO. The van der Waals surface area contributed by atoms with Crippen molar-refractivity contribution in [3.63, 3.8) is 0 Å². The first kappa shape index (κ1) is 16.4. The van der Waals surface area contributed by atoms with Gasteiger partial charge in [-0.05, 0) is 12.8 Å². The highest BCUT2D eigenvalue weighted by molar-refractivity contribution is 4.54. The Balaban J connectivity index is 2.96. The monoisotopic (exact) mass is 246 g/mol. The molecule has 0 saturated heterocycles. The lowest BCUT2D eigenvalue weighted by molar-refractivity contribution is 0.167. The fourth-order valence-electron chi connectivity index (χ4n) is 1.79. The lowest BCUT2D eigenvalue weighted by Crippen LogP contribution is -2.04. The van der Waals surface area contributed by atoms with Gasteiger partial charge in [-0.1, -0.05) is 51.5 Å². The highest BCUT2D eigenvalue weighted by Crippen LogP contribution is 2.11. The van der Waals surface area contributed by atoms with E-state index in [1.54, 1.807) is 0 Å². The molecule has 0 aliphatic heterocycles. The van der Waals surface area contributed by atoms with Gasteiger partial charge in [0.05, 0.1) is 19.5 Å². The maximum Gasteiger partial charge on any atom is 0.123 e. The standard InChI is InChI=1S/C14H27FO2/c1-2-17-12-10-8-6-4-3-5-7-9-11-14(15)13-16/h2,14,16H,1,3-13H2. The lowest BCUT2D eigenvalue weighted by Gasteiger charge is -2.04. The van der Waals surface area contributed by atoms with E-state index in [1.807, 2.05) is 0 Å². The van der Waals surface area contributed by atoms with Crippen LogP contribution in [0.1, 0.15) is 57.8 Å². The molecule has 0 spiro atoms. The minimum atomic E-state index is -1.01. The van der Waals surface area contributed by atoms with E-state index in [9.17, 15) is 4.39 Å². The van der Waals surface area contributed by atoms with Gasteiger partial charge in [-0.3, -0.25) is 0 Å². The number of hydrogen-bond acceptors (Lipinski definition) is 2. The van der Waals surface area contributed by atoms with Crippen LogP contribution in [0.15, 0.2) is 12.8 Å². The van der Waals surface area contributed by atoms with Crippen LogP contribution in [0.25, 0.3) is 0 Å². The fraction of sp³-hybridized carbons (Fsp3) is 0.857. The third-order valence-corrected chi connectivity index (χ3v) is 2.85. The first-order valence-corrected chi connectivity index (χ1v) is 6.78. The van der Waals surface area contributed by atoms with E-state index in [1.165, 1.54) is 38.4 Å². The molecule has 2 nitrogen and oxygen atoms in total. The molecule has 0 bridgehead atoms. The number of aliphatic hydroxyl groups is 1. The van der Waals surface area contributed by atoms with Gasteiger partial charge in [0.25, 0.3) is 0 Å². The van der Waals surface area contributed by atoms with E-state index in [0.29, 0.717) is 6.42 Å². The van der Waals surface area contributed by atoms with Gasteiger partial charge in [0.15, 0.2) is 0 Å². The third kappa shape index (κ3) is 13.4. The summed E-state index contributed by atoms with van der Waals surface area (Å²) < 4.78 is 17.7. The van der Waals surface area contributed by atoms with Gasteiger partial charge in [0.2, 0.25) is 0 Å². The maximum absolute atomic E-state index is 12.6. The molecule has 0 aromatic heterocycles. The average Bonchev–Trinajstić information content (AvgIpc) is 2.35. The zero-order chi connectivity index (χ0) is 12.8. The molecule has 0 radical (unpaired) electrons. The Bertz CT molecular complexity index is 162. The molecule has 0 aromatic rings. The van der Waals surface area contributed by atoms with Crippen molar-refractivity contribution in [1.82, 2.24) is 0 Å². The lowest BCUT2D eigenvalue weighted by atomic mass is 10.1. The highest BCUT2D eigenvalue weighted by atomic mass is 19.1. The van der Waals surface area contributed by atoms with E-state index in [0.717, 1.165) is 25.9 Å². The minimum absolute atomic E-state index is 0.327. The number of unbranched alkanes of at least 4 members (excludes halogenated alkanes) is 7. The number of alkyl halides is 1. The van der Waals surface area contributed by atoms with Crippen molar-refractivity contribution < 1.29 is 14.2 Å². The molecule has 0 rings (SSSR count). The zero-order valence-electron chi connectivity index (χ0n) is 10.9. The first-order chi connectivity index (χ1) is 8.31. The summed E-state index contributed by atoms with van der Waals surface area (Å²) in [5.41, 5.74) is 0. The molecule has 0 aromatic carbocycles. The summed E-state index contributed by atoms with van der Waals surface area (Å²) in [4.78, 5) is 0. The molecule has 1 atom stereocenters. The van der Waals surface area contributed by atoms with Gasteiger partial charge in [0, 0.05) is 0 Å².